The first kappa shape index (κ1) is 12.2. The van der Waals surface area contributed by atoms with Crippen molar-refractivity contribution in [3.63, 3.8) is 0 Å². The predicted octanol–water partition coefficient (Wildman–Crippen LogP) is 1.88. The van der Waals surface area contributed by atoms with Crippen molar-refractivity contribution < 1.29 is 14.2 Å². The molecule has 0 spiro atoms. The maximum Gasteiger partial charge on any atom is 0.231 e. The fraction of sp³-hybridized carbons (Fsp3) is 0.538. The summed E-state index contributed by atoms with van der Waals surface area (Å²) in [5.74, 6) is 1.70. The summed E-state index contributed by atoms with van der Waals surface area (Å²) < 4.78 is 15.7. The monoisotopic (exact) mass is 237 g/mol. The summed E-state index contributed by atoms with van der Waals surface area (Å²) in [5, 5.41) is 0. The molecule has 0 saturated carbocycles. The van der Waals surface area contributed by atoms with Crippen LogP contribution in [0.15, 0.2) is 18.2 Å². The largest absolute Gasteiger partial charge is 0.454 e. The summed E-state index contributed by atoms with van der Waals surface area (Å²) in [6.45, 7) is 3.09. The Bertz CT molecular complexity index is 368. The number of fused-ring (bicyclic) bond motifs is 1. The zero-order valence-electron chi connectivity index (χ0n) is 10.4. The van der Waals surface area contributed by atoms with Gasteiger partial charge in [0.15, 0.2) is 11.5 Å². The second-order valence-electron chi connectivity index (χ2n) is 4.27. The SMILES string of the molecule is COCCCN(C)Cc1ccc2c(c1)OCO2. The molecule has 4 nitrogen and oxygen atoms in total. The Morgan fingerprint density at radius 3 is 2.94 bits per heavy atom. The molecule has 0 saturated heterocycles. The lowest BCUT2D eigenvalue weighted by Crippen LogP contribution is -2.20. The molecule has 1 aliphatic rings. The Morgan fingerprint density at radius 2 is 2.12 bits per heavy atom. The molecule has 1 heterocycles. The molecule has 0 atom stereocenters. The molecular formula is C13H19NO3. The predicted molar refractivity (Wildman–Crippen MR) is 65.4 cm³/mol. The zero-order chi connectivity index (χ0) is 12.1. The molecule has 2 rings (SSSR count). The molecular weight excluding hydrogens is 218 g/mol. The smallest absolute Gasteiger partial charge is 0.231 e. The van der Waals surface area contributed by atoms with Gasteiger partial charge in [0.05, 0.1) is 0 Å². The molecule has 0 aliphatic carbocycles. The van der Waals surface area contributed by atoms with E-state index in [0.717, 1.165) is 37.6 Å². The van der Waals surface area contributed by atoms with Gasteiger partial charge in [-0.2, -0.15) is 0 Å². The summed E-state index contributed by atoms with van der Waals surface area (Å²) in [5.41, 5.74) is 1.24. The van der Waals surface area contributed by atoms with Gasteiger partial charge >= 0.3 is 0 Å². The summed E-state index contributed by atoms with van der Waals surface area (Å²) in [7, 11) is 3.85. The summed E-state index contributed by atoms with van der Waals surface area (Å²) in [4.78, 5) is 2.27. The van der Waals surface area contributed by atoms with Gasteiger partial charge in [0.1, 0.15) is 0 Å². The average Bonchev–Trinajstić information content (AvgIpc) is 2.76. The van der Waals surface area contributed by atoms with Crippen molar-refractivity contribution in [2.45, 2.75) is 13.0 Å². The summed E-state index contributed by atoms with van der Waals surface area (Å²) in [6.07, 6.45) is 1.05. The van der Waals surface area contributed by atoms with Crippen LogP contribution < -0.4 is 9.47 Å². The zero-order valence-corrected chi connectivity index (χ0v) is 10.4. The van der Waals surface area contributed by atoms with Crippen LogP contribution in [0.3, 0.4) is 0 Å². The lowest BCUT2D eigenvalue weighted by Gasteiger charge is -2.16. The molecule has 0 unspecified atom stereocenters. The number of benzene rings is 1. The van der Waals surface area contributed by atoms with Crippen molar-refractivity contribution in [1.29, 1.82) is 0 Å². The van der Waals surface area contributed by atoms with Gasteiger partial charge in [-0.15, -0.1) is 0 Å². The Kier molecular flexibility index (Phi) is 4.23. The summed E-state index contributed by atoms with van der Waals surface area (Å²) >= 11 is 0. The molecule has 0 amide bonds. The van der Waals surface area contributed by atoms with Crippen molar-refractivity contribution in [3.05, 3.63) is 23.8 Å². The minimum absolute atomic E-state index is 0.336. The van der Waals surface area contributed by atoms with Crippen LogP contribution in [0.4, 0.5) is 0 Å². The number of methoxy groups -OCH3 is 1. The van der Waals surface area contributed by atoms with E-state index in [9.17, 15) is 0 Å². The van der Waals surface area contributed by atoms with Crippen LogP contribution in [-0.4, -0.2) is 39.0 Å². The van der Waals surface area contributed by atoms with Crippen LogP contribution in [0.25, 0.3) is 0 Å². The van der Waals surface area contributed by atoms with Gasteiger partial charge in [0, 0.05) is 26.8 Å². The van der Waals surface area contributed by atoms with Crippen LogP contribution in [0.1, 0.15) is 12.0 Å². The Morgan fingerprint density at radius 1 is 1.29 bits per heavy atom. The fourth-order valence-corrected chi connectivity index (χ4v) is 1.91. The molecule has 94 valence electrons. The van der Waals surface area contributed by atoms with E-state index in [4.69, 9.17) is 14.2 Å². The Labute approximate surface area is 102 Å². The molecule has 0 bridgehead atoms. The molecule has 0 radical (unpaired) electrons. The number of nitrogens with zero attached hydrogens (tertiary/aromatic N) is 1. The normalized spacial score (nSPS) is 13.4. The number of hydrogen-bond donors (Lipinski definition) is 0. The highest BCUT2D eigenvalue weighted by Crippen LogP contribution is 2.32. The van der Waals surface area contributed by atoms with Gasteiger partial charge in [-0.25, -0.2) is 0 Å². The van der Waals surface area contributed by atoms with Gasteiger partial charge in [-0.3, -0.25) is 0 Å². The van der Waals surface area contributed by atoms with E-state index in [1.807, 2.05) is 6.07 Å². The van der Waals surface area contributed by atoms with E-state index in [1.54, 1.807) is 7.11 Å². The molecule has 1 aliphatic heterocycles. The van der Waals surface area contributed by atoms with E-state index in [2.05, 4.69) is 24.1 Å². The van der Waals surface area contributed by atoms with Crippen LogP contribution in [0.2, 0.25) is 0 Å². The van der Waals surface area contributed by atoms with Gasteiger partial charge < -0.3 is 19.1 Å². The van der Waals surface area contributed by atoms with Crippen molar-refractivity contribution in [2.75, 3.05) is 34.1 Å². The molecule has 4 heteroatoms. The molecule has 1 aromatic rings. The van der Waals surface area contributed by atoms with E-state index < -0.39 is 0 Å². The third-order valence-electron chi connectivity index (χ3n) is 2.78. The number of rotatable bonds is 6. The third kappa shape index (κ3) is 3.35. The lowest BCUT2D eigenvalue weighted by atomic mass is 10.2. The highest BCUT2D eigenvalue weighted by molar-refractivity contribution is 5.44. The van der Waals surface area contributed by atoms with Gasteiger partial charge in [-0.1, -0.05) is 6.07 Å². The molecule has 0 aromatic heterocycles. The van der Waals surface area contributed by atoms with Crippen LogP contribution in [0, 0.1) is 0 Å². The van der Waals surface area contributed by atoms with Crippen molar-refractivity contribution in [2.24, 2.45) is 0 Å². The molecule has 0 fully saturated rings. The lowest BCUT2D eigenvalue weighted by molar-refractivity contribution is 0.173. The topological polar surface area (TPSA) is 30.9 Å². The van der Waals surface area contributed by atoms with Crippen molar-refractivity contribution in [1.82, 2.24) is 4.90 Å². The Balaban J connectivity index is 1.86. The standard InChI is InChI=1S/C13H19NO3/c1-14(6-3-7-15-2)9-11-4-5-12-13(8-11)17-10-16-12/h4-5,8H,3,6-7,9-10H2,1-2H3. The minimum Gasteiger partial charge on any atom is -0.454 e. The Hall–Kier alpha value is -1.26. The first-order valence-electron chi connectivity index (χ1n) is 5.85. The second-order valence-corrected chi connectivity index (χ2v) is 4.27. The second kappa shape index (κ2) is 5.89. The van der Waals surface area contributed by atoms with Crippen LogP contribution >= 0.6 is 0 Å². The molecule has 0 N–H and O–H groups in total. The summed E-state index contributed by atoms with van der Waals surface area (Å²) in [6, 6.07) is 6.11. The molecule has 1 aromatic carbocycles. The minimum atomic E-state index is 0.336. The van der Waals surface area contributed by atoms with E-state index in [-0.39, 0.29) is 0 Å². The van der Waals surface area contributed by atoms with Gasteiger partial charge in [0.25, 0.3) is 0 Å². The van der Waals surface area contributed by atoms with Crippen LogP contribution in [0.5, 0.6) is 11.5 Å². The maximum absolute atomic E-state index is 5.36. The van der Waals surface area contributed by atoms with Crippen molar-refractivity contribution in [3.8, 4) is 11.5 Å². The fourth-order valence-electron chi connectivity index (χ4n) is 1.91. The van der Waals surface area contributed by atoms with E-state index >= 15 is 0 Å². The quantitative estimate of drug-likeness (QED) is 0.707. The average molecular weight is 237 g/mol. The van der Waals surface area contributed by atoms with Gasteiger partial charge in [0.2, 0.25) is 6.79 Å². The van der Waals surface area contributed by atoms with Gasteiger partial charge in [-0.05, 0) is 31.2 Å². The van der Waals surface area contributed by atoms with E-state index in [1.165, 1.54) is 5.56 Å². The highest BCUT2D eigenvalue weighted by Gasteiger charge is 2.13. The number of ether oxygens (including phenoxy) is 3. The van der Waals surface area contributed by atoms with Crippen molar-refractivity contribution >= 4 is 0 Å². The number of hydrogen-bond acceptors (Lipinski definition) is 4. The first-order chi connectivity index (χ1) is 8.29. The highest BCUT2D eigenvalue weighted by atomic mass is 16.7. The molecule has 17 heavy (non-hydrogen) atoms. The van der Waals surface area contributed by atoms with Crippen LogP contribution in [-0.2, 0) is 11.3 Å². The third-order valence-corrected chi connectivity index (χ3v) is 2.78. The first-order valence-corrected chi connectivity index (χ1v) is 5.85. The maximum atomic E-state index is 5.36. The van der Waals surface area contributed by atoms with E-state index in [0.29, 0.717) is 6.79 Å².